The number of hydrogen-bond acceptors (Lipinski definition) is 3. The Bertz CT molecular complexity index is 2080. The SMILES string of the molecule is c1ccc(-c2cc(-n3c4ccccc4c4ccccc43)nc(-c3cccc4c3oc3ccccc34)n2)cc1. The van der Waals surface area contributed by atoms with Crippen molar-refractivity contribution in [2.75, 3.05) is 0 Å². The van der Waals surface area contributed by atoms with Crippen LogP contribution in [0.3, 0.4) is 0 Å². The van der Waals surface area contributed by atoms with Gasteiger partial charge in [0, 0.05) is 33.2 Å². The van der Waals surface area contributed by atoms with E-state index in [1.54, 1.807) is 0 Å². The molecule has 5 aromatic carbocycles. The molecule has 0 fully saturated rings. The van der Waals surface area contributed by atoms with Gasteiger partial charge in [-0.1, -0.05) is 97.1 Å². The van der Waals surface area contributed by atoms with E-state index in [0.717, 1.165) is 55.6 Å². The summed E-state index contributed by atoms with van der Waals surface area (Å²) in [4.78, 5) is 10.3. The zero-order valence-electron chi connectivity index (χ0n) is 20.4. The fourth-order valence-corrected chi connectivity index (χ4v) is 5.52. The molecule has 0 aliphatic carbocycles. The predicted octanol–water partition coefficient (Wildman–Crippen LogP) is 8.81. The van der Waals surface area contributed by atoms with E-state index >= 15 is 0 Å². The Balaban J connectivity index is 1.47. The lowest BCUT2D eigenvalue weighted by atomic mass is 10.1. The molecule has 3 aromatic heterocycles. The second-order valence-electron chi connectivity index (χ2n) is 9.45. The maximum atomic E-state index is 6.37. The van der Waals surface area contributed by atoms with Crippen LogP contribution in [0.5, 0.6) is 0 Å². The van der Waals surface area contributed by atoms with E-state index < -0.39 is 0 Å². The van der Waals surface area contributed by atoms with E-state index in [1.165, 1.54) is 10.8 Å². The first-order chi connectivity index (χ1) is 18.8. The number of fused-ring (bicyclic) bond motifs is 6. The molecule has 0 N–H and O–H groups in total. The van der Waals surface area contributed by atoms with Gasteiger partial charge in [-0.3, -0.25) is 4.57 Å². The molecule has 8 rings (SSSR count). The van der Waals surface area contributed by atoms with Crippen molar-refractivity contribution in [3.05, 3.63) is 127 Å². The molecule has 4 heteroatoms. The van der Waals surface area contributed by atoms with Crippen LogP contribution in [0.2, 0.25) is 0 Å². The van der Waals surface area contributed by atoms with Crippen LogP contribution in [-0.2, 0) is 0 Å². The Labute approximate surface area is 218 Å². The summed E-state index contributed by atoms with van der Waals surface area (Å²) in [7, 11) is 0. The third kappa shape index (κ3) is 3.10. The van der Waals surface area contributed by atoms with E-state index in [1.807, 2.05) is 42.5 Å². The van der Waals surface area contributed by atoms with Crippen LogP contribution in [0.25, 0.3) is 72.2 Å². The zero-order valence-corrected chi connectivity index (χ0v) is 20.4. The zero-order chi connectivity index (χ0) is 25.1. The van der Waals surface area contributed by atoms with Crippen LogP contribution in [0.4, 0.5) is 0 Å². The van der Waals surface area contributed by atoms with Crippen LogP contribution in [0.15, 0.2) is 132 Å². The summed E-state index contributed by atoms with van der Waals surface area (Å²) in [6.45, 7) is 0. The van der Waals surface area contributed by atoms with Crippen molar-refractivity contribution in [1.82, 2.24) is 14.5 Å². The lowest BCUT2D eigenvalue weighted by Gasteiger charge is -2.12. The molecule has 0 amide bonds. The lowest BCUT2D eigenvalue weighted by molar-refractivity contribution is 0.669. The van der Waals surface area contributed by atoms with Gasteiger partial charge in [-0.15, -0.1) is 0 Å². The summed E-state index contributed by atoms with van der Waals surface area (Å²) in [6.07, 6.45) is 0. The molecular weight excluding hydrogens is 466 g/mol. The van der Waals surface area contributed by atoms with Gasteiger partial charge in [-0.2, -0.15) is 0 Å². The van der Waals surface area contributed by atoms with Gasteiger partial charge in [0.25, 0.3) is 0 Å². The molecule has 4 nitrogen and oxygen atoms in total. The van der Waals surface area contributed by atoms with Gasteiger partial charge >= 0.3 is 0 Å². The fourth-order valence-electron chi connectivity index (χ4n) is 5.52. The number of aromatic nitrogens is 3. The number of benzene rings is 5. The summed E-state index contributed by atoms with van der Waals surface area (Å²) in [5, 5.41) is 4.55. The maximum absolute atomic E-state index is 6.37. The maximum Gasteiger partial charge on any atom is 0.165 e. The first kappa shape index (κ1) is 20.9. The van der Waals surface area contributed by atoms with Crippen molar-refractivity contribution in [2.24, 2.45) is 0 Å². The highest BCUT2D eigenvalue weighted by atomic mass is 16.3. The highest BCUT2D eigenvalue weighted by Gasteiger charge is 2.18. The topological polar surface area (TPSA) is 43.9 Å². The number of hydrogen-bond donors (Lipinski definition) is 0. The average Bonchev–Trinajstić information content (AvgIpc) is 3.53. The van der Waals surface area contributed by atoms with Crippen LogP contribution in [-0.4, -0.2) is 14.5 Å². The number of para-hydroxylation sites is 4. The Morgan fingerprint density at radius 3 is 1.92 bits per heavy atom. The Kier molecular flexibility index (Phi) is 4.49. The largest absolute Gasteiger partial charge is 0.455 e. The molecule has 0 atom stereocenters. The molecule has 0 spiro atoms. The van der Waals surface area contributed by atoms with E-state index in [-0.39, 0.29) is 0 Å². The third-order valence-electron chi connectivity index (χ3n) is 7.24. The molecule has 0 saturated heterocycles. The monoisotopic (exact) mass is 487 g/mol. The summed E-state index contributed by atoms with van der Waals surface area (Å²) < 4.78 is 8.60. The summed E-state index contributed by atoms with van der Waals surface area (Å²) in [5.41, 5.74) is 6.65. The van der Waals surface area contributed by atoms with E-state index in [4.69, 9.17) is 14.4 Å². The van der Waals surface area contributed by atoms with Gasteiger partial charge in [0.15, 0.2) is 5.82 Å². The van der Waals surface area contributed by atoms with Gasteiger partial charge < -0.3 is 4.42 Å². The van der Waals surface area contributed by atoms with Gasteiger partial charge in [-0.05, 0) is 24.3 Å². The molecule has 0 unspecified atom stereocenters. The number of furan rings is 1. The minimum Gasteiger partial charge on any atom is -0.455 e. The second kappa shape index (κ2) is 8.15. The molecule has 178 valence electrons. The average molecular weight is 488 g/mol. The molecule has 0 bridgehead atoms. The highest BCUT2D eigenvalue weighted by molar-refractivity contribution is 6.10. The minimum absolute atomic E-state index is 0.632. The lowest BCUT2D eigenvalue weighted by Crippen LogP contribution is -2.02. The van der Waals surface area contributed by atoms with Gasteiger partial charge in [0.05, 0.1) is 22.3 Å². The van der Waals surface area contributed by atoms with Crippen LogP contribution >= 0.6 is 0 Å². The minimum atomic E-state index is 0.632. The van der Waals surface area contributed by atoms with E-state index in [9.17, 15) is 0 Å². The highest BCUT2D eigenvalue weighted by Crippen LogP contribution is 2.37. The quantitative estimate of drug-likeness (QED) is 0.250. The van der Waals surface area contributed by atoms with Gasteiger partial charge in [-0.25, -0.2) is 9.97 Å². The molecule has 0 aliphatic rings. The Morgan fingerprint density at radius 2 is 1.16 bits per heavy atom. The van der Waals surface area contributed by atoms with E-state index in [2.05, 4.69) is 89.5 Å². The van der Waals surface area contributed by atoms with Crippen LogP contribution in [0, 0.1) is 0 Å². The summed E-state index contributed by atoms with van der Waals surface area (Å²) in [5.74, 6) is 1.45. The molecule has 0 aliphatic heterocycles. The number of rotatable bonds is 3. The first-order valence-corrected chi connectivity index (χ1v) is 12.7. The van der Waals surface area contributed by atoms with Gasteiger partial charge in [0.1, 0.15) is 17.0 Å². The third-order valence-corrected chi connectivity index (χ3v) is 7.24. The van der Waals surface area contributed by atoms with Crippen molar-refractivity contribution in [2.45, 2.75) is 0 Å². The predicted molar refractivity (Wildman–Crippen MR) is 155 cm³/mol. The smallest absolute Gasteiger partial charge is 0.165 e. The molecular formula is C34H21N3O. The molecule has 8 aromatic rings. The van der Waals surface area contributed by atoms with Crippen molar-refractivity contribution < 1.29 is 4.42 Å². The molecule has 3 heterocycles. The summed E-state index contributed by atoms with van der Waals surface area (Å²) in [6, 6.07) is 43.7. The first-order valence-electron chi connectivity index (χ1n) is 12.7. The van der Waals surface area contributed by atoms with E-state index in [0.29, 0.717) is 5.82 Å². The van der Waals surface area contributed by atoms with Crippen molar-refractivity contribution >= 4 is 43.7 Å². The molecule has 0 saturated carbocycles. The second-order valence-corrected chi connectivity index (χ2v) is 9.45. The molecule has 38 heavy (non-hydrogen) atoms. The molecule has 0 radical (unpaired) electrons. The summed E-state index contributed by atoms with van der Waals surface area (Å²) >= 11 is 0. The Hall–Kier alpha value is -5.22. The van der Waals surface area contributed by atoms with Crippen molar-refractivity contribution in [3.8, 4) is 28.5 Å². The van der Waals surface area contributed by atoms with Crippen molar-refractivity contribution in [1.29, 1.82) is 0 Å². The van der Waals surface area contributed by atoms with Crippen LogP contribution in [0.1, 0.15) is 0 Å². The fraction of sp³-hybridized carbons (Fsp3) is 0. The normalized spacial score (nSPS) is 11.7. The van der Waals surface area contributed by atoms with Crippen molar-refractivity contribution in [3.63, 3.8) is 0 Å². The van der Waals surface area contributed by atoms with Crippen LogP contribution < -0.4 is 0 Å². The number of nitrogens with zero attached hydrogens (tertiary/aromatic N) is 3. The standard InChI is InChI=1S/C34H21N3O/c1-2-11-22(12-3-1)28-21-32(37-29-18-7-4-13-23(29)24-14-5-8-19-30(24)37)36-34(35-28)27-17-10-16-26-25-15-6-9-20-31(25)38-33(26)27/h1-21H. The Morgan fingerprint density at radius 1 is 0.526 bits per heavy atom. The van der Waals surface area contributed by atoms with Gasteiger partial charge in [0.2, 0.25) is 0 Å².